The van der Waals surface area contributed by atoms with E-state index in [2.05, 4.69) is 11.0 Å². The normalized spacial score (nSPS) is 19.6. The number of nitrogens with zero attached hydrogens (tertiary/aromatic N) is 3. The third-order valence-corrected chi connectivity index (χ3v) is 4.80. The van der Waals surface area contributed by atoms with Crippen LogP contribution in [-0.4, -0.2) is 59.9 Å². The minimum atomic E-state index is -0.226. The molecule has 5 heteroatoms. The van der Waals surface area contributed by atoms with Crippen molar-refractivity contribution in [2.24, 2.45) is 0 Å². The second kappa shape index (κ2) is 6.27. The van der Waals surface area contributed by atoms with Crippen molar-refractivity contribution < 1.29 is 4.79 Å². The number of hydrogen-bond acceptors (Lipinski definition) is 4. The predicted octanol–water partition coefficient (Wildman–Crippen LogP) is 1.19. The Bertz CT molecular complexity index is 305. The van der Waals surface area contributed by atoms with E-state index >= 15 is 0 Å². The molecule has 0 spiro atoms. The van der Waals surface area contributed by atoms with Gasteiger partial charge < -0.3 is 4.90 Å². The number of carbonyl (C=O) groups is 1. The number of piperidine rings is 1. The maximum Gasteiger partial charge on any atom is 0.236 e. The molecule has 1 rings (SSSR count). The summed E-state index contributed by atoms with van der Waals surface area (Å²) in [6, 6.07) is 2.42. The van der Waals surface area contributed by atoms with E-state index in [1.807, 2.05) is 20.2 Å². The Kier molecular flexibility index (Phi) is 5.29. The maximum atomic E-state index is 11.8. The smallest absolute Gasteiger partial charge is 0.236 e. The Morgan fingerprint density at radius 3 is 2.53 bits per heavy atom. The van der Waals surface area contributed by atoms with Crippen molar-refractivity contribution in [2.75, 3.05) is 39.5 Å². The Morgan fingerprint density at radius 2 is 2.12 bits per heavy atom. The second-order valence-electron chi connectivity index (χ2n) is 4.49. The molecule has 96 valence electrons. The lowest BCUT2D eigenvalue weighted by atomic mass is 9.97. The van der Waals surface area contributed by atoms with E-state index in [1.54, 1.807) is 16.7 Å². The van der Waals surface area contributed by atoms with Gasteiger partial charge >= 0.3 is 0 Å². The highest BCUT2D eigenvalue weighted by Gasteiger charge is 2.34. The van der Waals surface area contributed by atoms with Gasteiger partial charge in [-0.2, -0.15) is 5.26 Å². The van der Waals surface area contributed by atoms with Crippen LogP contribution in [0.1, 0.15) is 19.8 Å². The van der Waals surface area contributed by atoms with Crippen LogP contribution in [0.25, 0.3) is 0 Å². The van der Waals surface area contributed by atoms with E-state index in [9.17, 15) is 10.1 Å². The number of thioether (sulfide) groups is 1. The van der Waals surface area contributed by atoms with Crippen LogP contribution in [0.2, 0.25) is 0 Å². The summed E-state index contributed by atoms with van der Waals surface area (Å²) in [6.07, 6.45) is 3.70. The molecular formula is C12H21N3OS. The molecule has 0 atom stereocenters. The Balaban J connectivity index is 2.43. The lowest BCUT2D eigenvalue weighted by Gasteiger charge is -2.36. The lowest BCUT2D eigenvalue weighted by Crippen LogP contribution is -2.46. The summed E-state index contributed by atoms with van der Waals surface area (Å²) < 4.78 is -0.226. The molecule has 0 aromatic carbocycles. The van der Waals surface area contributed by atoms with Crippen LogP contribution in [0.5, 0.6) is 0 Å². The van der Waals surface area contributed by atoms with Crippen LogP contribution in [0.3, 0.4) is 0 Å². The highest BCUT2D eigenvalue weighted by molar-refractivity contribution is 8.00. The summed E-state index contributed by atoms with van der Waals surface area (Å²) in [7, 11) is 1.83. The first-order valence-electron chi connectivity index (χ1n) is 5.99. The quantitative estimate of drug-likeness (QED) is 0.757. The number of carbonyl (C=O) groups excluding carboxylic acids is 1. The first-order valence-corrected chi connectivity index (χ1v) is 7.22. The molecule has 0 aliphatic carbocycles. The van der Waals surface area contributed by atoms with Gasteiger partial charge in [-0.25, -0.2) is 0 Å². The summed E-state index contributed by atoms with van der Waals surface area (Å²) in [6.45, 7) is 4.90. The standard InChI is InChI=1S/C12H21N3OS/c1-4-14(2)11(16)9-15-7-5-12(10-13,17-3)6-8-15/h4-9H2,1-3H3. The topological polar surface area (TPSA) is 47.3 Å². The van der Waals surface area contributed by atoms with Gasteiger partial charge in [0.1, 0.15) is 4.75 Å². The Labute approximate surface area is 108 Å². The van der Waals surface area contributed by atoms with Crippen molar-refractivity contribution in [1.29, 1.82) is 5.26 Å². The number of hydrogen-bond donors (Lipinski definition) is 0. The lowest BCUT2D eigenvalue weighted by molar-refractivity contribution is -0.131. The average Bonchev–Trinajstić information content (AvgIpc) is 2.39. The molecule has 1 saturated heterocycles. The summed E-state index contributed by atoms with van der Waals surface area (Å²) >= 11 is 1.64. The van der Waals surface area contributed by atoms with Crippen LogP contribution < -0.4 is 0 Å². The number of rotatable bonds is 4. The molecule has 0 N–H and O–H groups in total. The minimum absolute atomic E-state index is 0.168. The fourth-order valence-corrected chi connectivity index (χ4v) is 2.60. The zero-order valence-electron chi connectivity index (χ0n) is 10.9. The molecule has 0 unspecified atom stereocenters. The van der Waals surface area contributed by atoms with E-state index in [1.165, 1.54) is 0 Å². The van der Waals surface area contributed by atoms with Gasteiger partial charge in [-0.1, -0.05) is 0 Å². The molecule has 0 radical (unpaired) electrons. The summed E-state index contributed by atoms with van der Waals surface area (Å²) in [4.78, 5) is 15.6. The van der Waals surface area contributed by atoms with E-state index in [0.29, 0.717) is 6.54 Å². The minimum Gasteiger partial charge on any atom is -0.345 e. The van der Waals surface area contributed by atoms with E-state index in [4.69, 9.17) is 0 Å². The van der Waals surface area contributed by atoms with Gasteiger partial charge in [0, 0.05) is 26.7 Å². The Hall–Kier alpha value is -0.730. The van der Waals surface area contributed by atoms with Crippen LogP contribution in [0.4, 0.5) is 0 Å². The molecule has 1 amide bonds. The van der Waals surface area contributed by atoms with Gasteiger partial charge in [0.25, 0.3) is 0 Å². The van der Waals surface area contributed by atoms with Crippen molar-refractivity contribution in [3.05, 3.63) is 0 Å². The molecule has 1 aliphatic rings. The largest absolute Gasteiger partial charge is 0.345 e. The average molecular weight is 255 g/mol. The number of nitriles is 1. The molecule has 1 heterocycles. The van der Waals surface area contributed by atoms with Gasteiger partial charge in [0.2, 0.25) is 5.91 Å². The molecule has 1 aliphatic heterocycles. The molecule has 0 bridgehead atoms. The van der Waals surface area contributed by atoms with Gasteiger partial charge in [-0.05, 0) is 26.0 Å². The molecular weight excluding hydrogens is 234 g/mol. The van der Waals surface area contributed by atoms with E-state index < -0.39 is 0 Å². The fourth-order valence-electron chi connectivity index (χ4n) is 1.92. The van der Waals surface area contributed by atoms with Gasteiger partial charge in [-0.3, -0.25) is 9.69 Å². The molecule has 0 aromatic heterocycles. The van der Waals surface area contributed by atoms with Crippen molar-refractivity contribution in [3.63, 3.8) is 0 Å². The van der Waals surface area contributed by atoms with Crippen LogP contribution in [-0.2, 0) is 4.79 Å². The Morgan fingerprint density at radius 1 is 1.53 bits per heavy atom. The third-order valence-electron chi connectivity index (χ3n) is 3.52. The summed E-state index contributed by atoms with van der Waals surface area (Å²) in [5, 5.41) is 9.17. The number of likely N-dealkylation sites (tertiary alicyclic amines) is 1. The summed E-state index contributed by atoms with van der Waals surface area (Å²) in [5.41, 5.74) is 0. The van der Waals surface area contributed by atoms with Gasteiger partial charge in [-0.15, -0.1) is 11.8 Å². The maximum absolute atomic E-state index is 11.8. The van der Waals surface area contributed by atoms with Crippen LogP contribution in [0.15, 0.2) is 0 Å². The molecule has 4 nitrogen and oxygen atoms in total. The molecule has 0 aromatic rings. The van der Waals surface area contributed by atoms with E-state index in [-0.39, 0.29) is 10.7 Å². The van der Waals surface area contributed by atoms with Crippen molar-refractivity contribution >= 4 is 17.7 Å². The van der Waals surface area contributed by atoms with Crippen LogP contribution in [0, 0.1) is 11.3 Å². The monoisotopic (exact) mass is 255 g/mol. The fraction of sp³-hybridized carbons (Fsp3) is 0.833. The first kappa shape index (κ1) is 14.3. The third kappa shape index (κ3) is 3.62. The molecule has 0 saturated carbocycles. The van der Waals surface area contributed by atoms with Gasteiger partial charge in [0.05, 0.1) is 12.6 Å². The van der Waals surface area contributed by atoms with Crippen molar-refractivity contribution in [2.45, 2.75) is 24.5 Å². The van der Waals surface area contributed by atoms with Crippen molar-refractivity contribution in [1.82, 2.24) is 9.80 Å². The van der Waals surface area contributed by atoms with Gasteiger partial charge in [0.15, 0.2) is 0 Å². The van der Waals surface area contributed by atoms with Crippen molar-refractivity contribution in [3.8, 4) is 6.07 Å². The van der Waals surface area contributed by atoms with E-state index in [0.717, 1.165) is 32.5 Å². The zero-order valence-corrected chi connectivity index (χ0v) is 11.7. The summed E-state index contributed by atoms with van der Waals surface area (Å²) in [5.74, 6) is 0.168. The predicted molar refractivity (Wildman–Crippen MR) is 70.8 cm³/mol. The number of likely N-dealkylation sites (N-methyl/N-ethyl adjacent to an activating group) is 1. The molecule has 1 fully saturated rings. The number of amides is 1. The highest BCUT2D eigenvalue weighted by Crippen LogP contribution is 2.33. The van der Waals surface area contributed by atoms with Crippen LogP contribution >= 0.6 is 11.8 Å². The molecule has 17 heavy (non-hydrogen) atoms. The second-order valence-corrected chi connectivity index (χ2v) is 5.68. The first-order chi connectivity index (χ1) is 8.06. The highest BCUT2D eigenvalue weighted by atomic mass is 32.2. The zero-order chi connectivity index (χ0) is 12.9. The SMILES string of the molecule is CCN(C)C(=O)CN1CCC(C#N)(SC)CC1.